The summed E-state index contributed by atoms with van der Waals surface area (Å²) in [6.07, 6.45) is 0. The molecule has 1 heterocycles. The van der Waals surface area contributed by atoms with Crippen molar-refractivity contribution in [3.05, 3.63) is 64.7 Å². The molecule has 3 N–H and O–H groups in total. The van der Waals surface area contributed by atoms with Gasteiger partial charge < -0.3 is 15.9 Å². The largest absolute Gasteiger partial charge is 0.489 e. The number of anilines is 1. The zero-order valence-electron chi connectivity index (χ0n) is 12.2. The van der Waals surface area contributed by atoms with E-state index in [1.54, 1.807) is 0 Å². The summed E-state index contributed by atoms with van der Waals surface area (Å²) >= 11 is 5.88. The molecule has 0 spiro atoms. The third kappa shape index (κ3) is 3.89. The van der Waals surface area contributed by atoms with Crippen molar-refractivity contribution in [3.8, 4) is 5.75 Å². The summed E-state index contributed by atoms with van der Waals surface area (Å²) < 4.78 is 5.89. The molecule has 118 valence electrons. The van der Waals surface area contributed by atoms with Gasteiger partial charge in [0.1, 0.15) is 12.4 Å². The first kappa shape index (κ1) is 15.1. The van der Waals surface area contributed by atoms with E-state index in [4.69, 9.17) is 22.1 Å². The minimum atomic E-state index is 0.199. The summed E-state index contributed by atoms with van der Waals surface area (Å²) in [5.41, 5.74) is 10.6. The normalized spacial score (nSPS) is 10.5. The summed E-state index contributed by atoms with van der Waals surface area (Å²) in [5, 5.41) is 11.5. The van der Waals surface area contributed by atoms with Crippen molar-refractivity contribution in [2.24, 2.45) is 0 Å². The zero-order valence-corrected chi connectivity index (χ0v) is 12.9. The van der Waals surface area contributed by atoms with Gasteiger partial charge >= 0.3 is 0 Å². The first-order valence-corrected chi connectivity index (χ1v) is 7.33. The number of rotatable bonds is 6. The van der Waals surface area contributed by atoms with Crippen LogP contribution in [0.25, 0.3) is 0 Å². The van der Waals surface area contributed by atoms with Gasteiger partial charge in [-0.1, -0.05) is 47.0 Å². The number of halogens is 1. The second-order valence-corrected chi connectivity index (χ2v) is 5.24. The highest BCUT2D eigenvalue weighted by Crippen LogP contribution is 2.20. The Hall–Kier alpha value is -2.80. The molecule has 0 aliphatic rings. The van der Waals surface area contributed by atoms with E-state index in [-0.39, 0.29) is 5.95 Å². The number of hydrogen-bond donors (Lipinski definition) is 2. The van der Waals surface area contributed by atoms with Crippen molar-refractivity contribution in [2.75, 3.05) is 11.2 Å². The van der Waals surface area contributed by atoms with Gasteiger partial charge in [-0.3, -0.25) is 0 Å². The lowest BCUT2D eigenvalue weighted by Crippen LogP contribution is -2.18. The van der Waals surface area contributed by atoms with Gasteiger partial charge in [0.05, 0.1) is 6.54 Å². The highest BCUT2D eigenvalue weighted by atomic mass is 35.5. The van der Waals surface area contributed by atoms with Crippen molar-refractivity contribution in [1.29, 1.82) is 0 Å². The maximum atomic E-state index is 5.89. The first-order chi connectivity index (χ1) is 11.2. The Balaban J connectivity index is 1.65. The topological polar surface area (TPSA) is 90.9 Å². The van der Waals surface area contributed by atoms with E-state index in [0.29, 0.717) is 18.2 Å². The molecular formula is C15H15ClN6O. The monoisotopic (exact) mass is 330 g/mol. The lowest BCUT2D eigenvalue weighted by Gasteiger charge is -2.12. The molecule has 0 aliphatic heterocycles. The van der Waals surface area contributed by atoms with Crippen LogP contribution in [0, 0.1) is 0 Å². The molecule has 0 saturated heterocycles. The van der Waals surface area contributed by atoms with E-state index in [1.165, 1.54) is 4.79 Å². The Labute approximate surface area is 138 Å². The molecule has 0 aliphatic carbocycles. The zero-order chi connectivity index (χ0) is 16.1. The lowest BCUT2D eigenvalue weighted by atomic mass is 10.2. The highest BCUT2D eigenvalue weighted by molar-refractivity contribution is 6.30. The number of hydrogen-bond acceptors (Lipinski definition) is 6. The summed E-state index contributed by atoms with van der Waals surface area (Å²) in [4.78, 5) is 1.32. The van der Waals surface area contributed by atoms with E-state index in [0.717, 1.165) is 16.9 Å². The molecule has 0 fully saturated rings. The van der Waals surface area contributed by atoms with Crippen molar-refractivity contribution in [3.63, 3.8) is 0 Å². The number of nitrogens with one attached hydrogen (secondary N) is 1. The third-order valence-corrected chi connectivity index (χ3v) is 3.45. The predicted octanol–water partition coefficient (Wildman–Crippen LogP) is 2.23. The number of nitrogen functional groups attached to an aromatic ring is 1. The van der Waals surface area contributed by atoms with Gasteiger partial charge in [0, 0.05) is 10.6 Å². The molecule has 3 aromatic rings. The van der Waals surface area contributed by atoms with Crippen molar-refractivity contribution >= 4 is 17.5 Å². The van der Waals surface area contributed by atoms with Gasteiger partial charge in [-0.15, -0.1) is 4.79 Å². The number of nitrogens with zero attached hydrogens (tertiary/aromatic N) is 4. The van der Waals surface area contributed by atoms with Crippen LogP contribution in [0.4, 0.5) is 5.95 Å². The van der Waals surface area contributed by atoms with Crippen LogP contribution < -0.4 is 15.9 Å². The van der Waals surface area contributed by atoms with Crippen molar-refractivity contribution in [2.45, 2.75) is 13.2 Å². The number of ether oxygens (including phenoxy) is 1. The first-order valence-electron chi connectivity index (χ1n) is 6.95. The van der Waals surface area contributed by atoms with E-state index >= 15 is 0 Å². The Bertz CT molecular complexity index is 774. The Kier molecular flexibility index (Phi) is 4.58. The molecule has 0 bridgehead atoms. The van der Waals surface area contributed by atoms with Gasteiger partial charge in [-0.2, -0.15) is 0 Å². The standard InChI is InChI=1S/C15H15ClN6O/c16-13-7-5-11(6-8-13)10-23-14-4-2-1-3-12(14)9-18-22-15(17)19-20-21-22/h1-8,18H,9-10H2,(H2,17,19,21). The lowest BCUT2D eigenvalue weighted by molar-refractivity contribution is 0.303. The van der Waals surface area contributed by atoms with Crippen molar-refractivity contribution in [1.82, 2.24) is 20.3 Å². The van der Waals surface area contributed by atoms with E-state index in [1.807, 2.05) is 48.5 Å². The van der Waals surface area contributed by atoms with Crippen LogP contribution in [0.3, 0.4) is 0 Å². The SMILES string of the molecule is Nc1nnnn1NCc1ccccc1OCc1ccc(Cl)cc1. The highest BCUT2D eigenvalue weighted by Gasteiger charge is 2.05. The van der Waals surface area contributed by atoms with E-state index in [9.17, 15) is 0 Å². The Morgan fingerprint density at radius 1 is 1.13 bits per heavy atom. The predicted molar refractivity (Wildman–Crippen MR) is 87.5 cm³/mol. The summed E-state index contributed by atoms with van der Waals surface area (Å²) in [5.74, 6) is 0.978. The number of nitrogens with two attached hydrogens (primary N) is 1. The quantitative estimate of drug-likeness (QED) is 0.720. The molecule has 2 aromatic carbocycles. The minimum Gasteiger partial charge on any atom is -0.489 e. The average Bonchev–Trinajstić information content (AvgIpc) is 2.98. The van der Waals surface area contributed by atoms with Gasteiger partial charge in [0.25, 0.3) is 5.95 Å². The fraction of sp³-hybridized carbons (Fsp3) is 0.133. The van der Waals surface area contributed by atoms with Crippen LogP contribution in [-0.4, -0.2) is 20.3 Å². The molecule has 0 amide bonds. The minimum absolute atomic E-state index is 0.199. The Morgan fingerprint density at radius 3 is 2.65 bits per heavy atom. The van der Waals surface area contributed by atoms with Crippen LogP contribution in [0.2, 0.25) is 5.02 Å². The fourth-order valence-electron chi connectivity index (χ4n) is 2.00. The molecule has 0 radical (unpaired) electrons. The van der Waals surface area contributed by atoms with Crippen LogP contribution >= 0.6 is 11.6 Å². The maximum absolute atomic E-state index is 5.89. The fourth-order valence-corrected chi connectivity index (χ4v) is 2.13. The van der Waals surface area contributed by atoms with Crippen molar-refractivity contribution < 1.29 is 4.74 Å². The maximum Gasteiger partial charge on any atom is 0.260 e. The molecule has 23 heavy (non-hydrogen) atoms. The summed E-state index contributed by atoms with van der Waals surface area (Å²) in [7, 11) is 0. The smallest absolute Gasteiger partial charge is 0.260 e. The molecule has 7 nitrogen and oxygen atoms in total. The van der Waals surface area contributed by atoms with Crippen LogP contribution in [0.15, 0.2) is 48.5 Å². The van der Waals surface area contributed by atoms with Crippen LogP contribution in [0.5, 0.6) is 5.75 Å². The number of para-hydroxylation sites is 1. The number of tetrazole rings is 1. The molecule has 0 saturated carbocycles. The van der Waals surface area contributed by atoms with Gasteiger partial charge in [-0.05, 0) is 34.2 Å². The molecule has 0 unspecified atom stereocenters. The van der Waals surface area contributed by atoms with Gasteiger partial charge in [0.2, 0.25) is 0 Å². The summed E-state index contributed by atoms with van der Waals surface area (Å²) in [6, 6.07) is 15.3. The second-order valence-electron chi connectivity index (χ2n) is 4.81. The number of aromatic nitrogens is 4. The molecular weight excluding hydrogens is 316 g/mol. The Morgan fingerprint density at radius 2 is 1.91 bits per heavy atom. The van der Waals surface area contributed by atoms with E-state index < -0.39 is 0 Å². The summed E-state index contributed by atoms with van der Waals surface area (Å²) in [6.45, 7) is 0.938. The average molecular weight is 331 g/mol. The number of benzene rings is 2. The van der Waals surface area contributed by atoms with Crippen LogP contribution in [-0.2, 0) is 13.2 Å². The molecule has 0 atom stereocenters. The molecule has 8 heteroatoms. The second kappa shape index (κ2) is 6.97. The van der Waals surface area contributed by atoms with Crippen LogP contribution in [0.1, 0.15) is 11.1 Å². The molecule has 1 aromatic heterocycles. The third-order valence-electron chi connectivity index (χ3n) is 3.19. The molecule has 3 rings (SSSR count). The van der Waals surface area contributed by atoms with Gasteiger partial charge in [0.15, 0.2) is 0 Å². The van der Waals surface area contributed by atoms with E-state index in [2.05, 4.69) is 21.0 Å². The van der Waals surface area contributed by atoms with Gasteiger partial charge in [-0.25, -0.2) is 0 Å².